The molecule has 1 heterocycles. The van der Waals surface area contributed by atoms with Crippen molar-refractivity contribution in [2.24, 2.45) is 0 Å². The first-order valence-electron chi connectivity index (χ1n) is 10.3. The molecule has 1 aromatic heterocycles. The highest BCUT2D eigenvalue weighted by molar-refractivity contribution is 7.99. The standard InChI is InChI=1S/C25H22Cl2N4OS/c1-15-5-11-21(12-17(15)3)31-24(18-6-9-19(26)10-7-18)29-30-25(31)33-14-23(32)28-22-13-20(27)8-4-16(22)2/h4-13H,14H2,1-3H3,(H,28,32). The van der Waals surface area contributed by atoms with Crippen LogP contribution in [0, 0.1) is 20.8 Å². The molecule has 1 N–H and O–H groups in total. The third-order valence-electron chi connectivity index (χ3n) is 5.29. The summed E-state index contributed by atoms with van der Waals surface area (Å²) in [6, 6.07) is 19.1. The van der Waals surface area contributed by atoms with E-state index in [0.29, 0.717) is 26.7 Å². The number of rotatable bonds is 6. The lowest BCUT2D eigenvalue weighted by molar-refractivity contribution is -0.113. The van der Waals surface area contributed by atoms with Crippen molar-refractivity contribution in [2.45, 2.75) is 25.9 Å². The van der Waals surface area contributed by atoms with E-state index in [-0.39, 0.29) is 11.7 Å². The lowest BCUT2D eigenvalue weighted by atomic mass is 10.1. The lowest BCUT2D eigenvalue weighted by Crippen LogP contribution is -2.15. The van der Waals surface area contributed by atoms with Crippen LogP contribution in [0.5, 0.6) is 0 Å². The maximum absolute atomic E-state index is 12.7. The van der Waals surface area contributed by atoms with Crippen molar-refractivity contribution in [3.05, 3.63) is 87.4 Å². The molecule has 0 aliphatic heterocycles. The van der Waals surface area contributed by atoms with Gasteiger partial charge in [-0.3, -0.25) is 9.36 Å². The Kier molecular flexibility index (Phi) is 7.08. The van der Waals surface area contributed by atoms with E-state index in [0.717, 1.165) is 22.4 Å². The van der Waals surface area contributed by atoms with Crippen molar-refractivity contribution in [3.63, 3.8) is 0 Å². The number of aryl methyl sites for hydroxylation is 3. The molecule has 3 aromatic carbocycles. The number of anilines is 1. The second-order valence-corrected chi connectivity index (χ2v) is 9.53. The van der Waals surface area contributed by atoms with Crippen LogP contribution in [-0.2, 0) is 4.79 Å². The van der Waals surface area contributed by atoms with E-state index in [1.165, 1.54) is 17.3 Å². The van der Waals surface area contributed by atoms with Crippen LogP contribution < -0.4 is 5.32 Å². The zero-order chi connectivity index (χ0) is 23.5. The summed E-state index contributed by atoms with van der Waals surface area (Å²) in [6.07, 6.45) is 0. The van der Waals surface area contributed by atoms with E-state index in [1.807, 2.05) is 47.9 Å². The second kappa shape index (κ2) is 10.00. The van der Waals surface area contributed by atoms with Gasteiger partial charge in [0.25, 0.3) is 0 Å². The van der Waals surface area contributed by atoms with Crippen LogP contribution >= 0.6 is 35.0 Å². The first-order valence-corrected chi connectivity index (χ1v) is 12.0. The van der Waals surface area contributed by atoms with Crippen LogP contribution in [0.25, 0.3) is 17.1 Å². The predicted octanol–water partition coefficient (Wildman–Crippen LogP) is 6.90. The molecule has 0 saturated carbocycles. The molecule has 0 radical (unpaired) electrons. The Morgan fingerprint density at radius 2 is 1.58 bits per heavy atom. The molecule has 0 aliphatic carbocycles. The van der Waals surface area contributed by atoms with Gasteiger partial charge in [0.2, 0.25) is 5.91 Å². The van der Waals surface area contributed by atoms with Crippen molar-refractivity contribution in [3.8, 4) is 17.1 Å². The summed E-state index contributed by atoms with van der Waals surface area (Å²) in [4.78, 5) is 12.7. The largest absolute Gasteiger partial charge is 0.325 e. The molecule has 0 bridgehead atoms. The van der Waals surface area contributed by atoms with Crippen LogP contribution in [0.3, 0.4) is 0 Å². The molecule has 0 atom stereocenters. The van der Waals surface area contributed by atoms with Crippen LogP contribution in [0.1, 0.15) is 16.7 Å². The number of nitrogens with one attached hydrogen (secondary N) is 1. The first kappa shape index (κ1) is 23.4. The molecular weight excluding hydrogens is 475 g/mol. The van der Waals surface area contributed by atoms with Crippen molar-refractivity contribution < 1.29 is 4.79 Å². The fourth-order valence-corrected chi connectivity index (χ4v) is 4.34. The fraction of sp³-hybridized carbons (Fsp3) is 0.160. The number of hydrogen-bond donors (Lipinski definition) is 1. The molecule has 0 fully saturated rings. The molecule has 0 saturated heterocycles. The number of amides is 1. The summed E-state index contributed by atoms with van der Waals surface area (Å²) in [7, 11) is 0. The number of benzene rings is 3. The number of carbonyl (C=O) groups is 1. The third-order valence-corrected chi connectivity index (χ3v) is 6.71. The number of nitrogens with zero attached hydrogens (tertiary/aromatic N) is 3. The normalized spacial score (nSPS) is 10.9. The Morgan fingerprint density at radius 3 is 2.30 bits per heavy atom. The maximum atomic E-state index is 12.7. The predicted molar refractivity (Wildman–Crippen MR) is 137 cm³/mol. The minimum atomic E-state index is -0.145. The van der Waals surface area contributed by atoms with Gasteiger partial charge in [0, 0.05) is 21.3 Å². The summed E-state index contributed by atoms with van der Waals surface area (Å²) in [5, 5.41) is 13.6. The van der Waals surface area contributed by atoms with Crippen LogP contribution in [0.15, 0.2) is 65.8 Å². The molecule has 1 amide bonds. The van der Waals surface area contributed by atoms with Gasteiger partial charge in [-0.1, -0.05) is 47.1 Å². The quantitative estimate of drug-likeness (QED) is 0.295. The first-order chi connectivity index (χ1) is 15.8. The fourth-order valence-electron chi connectivity index (χ4n) is 3.29. The zero-order valence-corrected chi connectivity index (χ0v) is 20.7. The molecule has 4 aromatic rings. The average Bonchev–Trinajstić information content (AvgIpc) is 3.21. The number of carbonyl (C=O) groups excluding carboxylic acids is 1. The average molecular weight is 497 g/mol. The monoisotopic (exact) mass is 496 g/mol. The van der Waals surface area contributed by atoms with Gasteiger partial charge in [0.1, 0.15) is 0 Å². The highest BCUT2D eigenvalue weighted by atomic mass is 35.5. The van der Waals surface area contributed by atoms with E-state index in [1.54, 1.807) is 12.1 Å². The molecular formula is C25H22Cl2N4OS. The van der Waals surface area contributed by atoms with Crippen molar-refractivity contribution >= 4 is 46.6 Å². The summed E-state index contributed by atoms with van der Waals surface area (Å²) in [6.45, 7) is 6.07. The van der Waals surface area contributed by atoms with Crippen molar-refractivity contribution in [1.82, 2.24) is 14.8 Å². The number of thioether (sulfide) groups is 1. The van der Waals surface area contributed by atoms with Crippen molar-refractivity contribution in [2.75, 3.05) is 11.1 Å². The zero-order valence-electron chi connectivity index (χ0n) is 18.4. The van der Waals surface area contributed by atoms with Crippen molar-refractivity contribution in [1.29, 1.82) is 0 Å². The minimum absolute atomic E-state index is 0.145. The molecule has 0 aliphatic rings. The van der Waals surface area contributed by atoms with E-state index < -0.39 is 0 Å². The van der Waals surface area contributed by atoms with Gasteiger partial charge >= 0.3 is 0 Å². The maximum Gasteiger partial charge on any atom is 0.234 e. The number of hydrogen-bond acceptors (Lipinski definition) is 4. The van der Waals surface area contributed by atoms with E-state index >= 15 is 0 Å². The van der Waals surface area contributed by atoms with Gasteiger partial charge in [-0.15, -0.1) is 10.2 Å². The highest BCUT2D eigenvalue weighted by Gasteiger charge is 2.18. The Hall–Kier alpha value is -2.80. The van der Waals surface area contributed by atoms with Gasteiger partial charge in [0.15, 0.2) is 11.0 Å². The van der Waals surface area contributed by atoms with Crippen LogP contribution in [0.2, 0.25) is 10.0 Å². The summed E-state index contributed by atoms with van der Waals surface area (Å²) >= 11 is 13.5. The second-order valence-electron chi connectivity index (χ2n) is 7.71. The smallest absolute Gasteiger partial charge is 0.234 e. The molecule has 168 valence electrons. The Morgan fingerprint density at radius 1 is 0.879 bits per heavy atom. The summed E-state index contributed by atoms with van der Waals surface area (Å²) in [5.74, 6) is 0.715. The Balaban J connectivity index is 1.63. The molecule has 0 spiro atoms. The summed E-state index contributed by atoms with van der Waals surface area (Å²) in [5.41, 5.74) is 5.82. The van der Waals surface area contributed by atoms with Crippen LogP contribution in [0.4, 0.5) is 5.69 Å². The van der Waals surface area contributed by atoms with Gasteiger partial charge in [-0.05, 0) is 86.0 Å². The lowest BCUT2D eigenvalue weighted by Gasteiger charge is -2.13. The highest BCUT2D eigenvalue weighted by Crippen LogP contribution is 2.30. The van der Waals surface area contributed by atoms with E-state index in [9.17, 15) is 4.79 Å². The molecule has 8 heteroatoms. The number of aromatic nitrogens is 3. The van der Waals surface area contributed by atoms with Crippen LogP contribution in [-0.4, -0.2) is 26.4 Å². The van der Waals surface area contributed by atoms with Gasteiger partial charge in [-0.25, -0.2) is 0 Å². The Labute approximate surface area is 207 Å². The molecule has 33 heavy (non-hydrogen) atoms. The summed E-state index contributed by atoms with van der Waals surface area (Å²) < 4.78 is 1.97. The van der Waals surface area contributed by atoms with Gasteiger partial charge < -0.3 is 5.32 Å². The molecule has 0 unspecified atom stereocenters. The molecule has 5 nitrogen and oxygen atoms in total. The number of halogens is 2. The molecule has 4 rings (SSSR count). The third kappa shape index (κ3) is 5.41. The topological polar surface area (TPSA) is 59.8 Å². The van der Waals surface area contributed by atoms with Gasteiger partial charge in [-0.2, -0.15) is 0 Å². The Bertz CT molecular complexity index is 1320. The van der Waals surface area contributed by atoms with E-state index in [4.69, 9.17) is 23.2 Å². The minimum Gasteiger partial charge on any atom is -0.325 e. The van der Waals surface area contributed by atoms with E-state index in [2.05, 4.69) is 41.5 Å². The van der Waals surface area contributed by atoms with Gasteiger partial charge in [0.05, 0.1) is 11.4 Å². The SMILES string of the molecule is Cc1ccc(-n2c(SCC(=O)Nc3cc(Cl)ccc3C)nnc2-c2ccc(Cl)cc2)cc1C.